The Kier molecular flexibility index (Phi) is 4.60. The smallest absolute Gasteiger partial charge is 0.332 e. The molecule has 0 amide bonds. The van der Waals surface area contributed by atoms with Crippen LogP contribution in [-0.2, 0) is 23.1 Å². The number of esters is 1. The first-order valence-corrected chi connectivity index (χ1v) is 9.70. The lowest BCUT2D eigenvalue weighted by atomic mass is 9.95. The number of hydrogen-bond acceptors (Lipinski definition) is 5. The summed E-state index contributed by atoms with van der Waals surface area (Å²) in [6, 6.07) is 0.363. The van der Waals surface area contributed by atoms with E-state index in [9.17, 15) is 14.4 Å². The molecule has 1 fully saturated rings. The third kappa shape index (κ3) is 2.76. The van der Waals surface area contributed by atoms with Crippen LogP contribution in [-0.4, -0.2) is 36.2 Å². The van der Waals surface area contributed by atoms with E-state index in [0.29, 0.717) is 23.0 Å². The molecule has 0 saturated heterocycles. The number of carbonyl (C=O) groups is 1. The van der Waals surface area contributed by atoms with Gasteiger partial charge in [-0.15, -0.1) is 0 Å². The minimum absolute atomic E-state index is 0.0241. The van der Waals surface area contributed by atoms with E-state index in [2.05, 4.69) is 14.3 Å². The largest absolute Gasteiger partial charge is 0.469 e. The zero-order chi connectivity index (χ0) is 20.0. The zero-order valence-electron chi connectivity index (χ0n) is 16.5. The summed E-state index contributed by atoms with van der Waals surface area (Å²) in [6.07, 6.45) is 7.69. The highest BCUT2D eigenvalue weighted by atomic mass is 16.5. The van der Waals surface area contributed by atoms with Crippen LogP contribution < -0.4 is 11.2 Å². The fourth-order valence-corrected chi connectivity index (χ4v) is 4.32. The number of aryl methyl sites for hydroxylation is 2. The maximum atomic E-state index is 13.1. The third-order valence-corrected chi connectivity index (χ3v) is 5.78. The lowest BCUT2D eigenvalue weighted by Gasteiger charge is -2.24. The van der Waals surface area contributed by atoms with E-state index in [1.165, 1.54) is 30.9 Å². The summed E-state index contributed by atoms with van der Waals surface area (Å²) in [5.74, 6) is 0.226. The lowest BCUT2D eigenvalue weighted by Crippen LogP contribution is -2.39. The minimum Gasteiger partial charge on any atom is -0.469 e. The van der Waals surface area contributed by atoms with Crippen LogP contribution in [0.4, 0.5) is 0 Å². The molecule has 9 heteroatoms. The summed E-state index contributed by atoms with van der Waals surface area (Å²) in [5.41, 5.74) is 0.854. The van der Waals surface area contributed by atoms with Gasteiger partial charge in [-0.1, -0.05) is 19.3 Å². The molecule has 0 N–H and O–H groups in total. The molecular weight excluding hydrogens is 362 g/mol. The Balaban J connectivity index is 1.92. The summed E-state index contributed by atoms with van der Waals surface area (Å²) in [4.78, 5) is 41.9. The van der Waals surface area contributed by atoms with Gasteiger partial charge in [-0.2, -0.15) is 4.98 Å². The van der Waals surface area contributed by atoms with E-state index >= 15 is 0 Å². The van der Waals surface area contributed by atoms with Crippen molar-refractivity contribution < 1.29 is 9.53 Å². The number of rotatable bonds is 4. The Bertz CT molecular complexity index is 1170. The fraction of sp³-hybridized carbons (Fsp3) is 0.579. The molecule has 3 aromatic heterocycles. The second kappa shape index (κ2) is 6.96. The molecular formula is C19H25N5O4. The van der Waals surface area contributed by atoms with Crippen molar-refractivity contribution in [1.29, 1.82) is 0 Å². The standard InChI is InChI=1S/C19H25N5O4/c1-12-11-23-15-16(20-18(23)24(12)13-7-5-4-6-8-13)21(2)19(27)22(17(15)26)10-9-14(25)28-3/h11,13H,4-10H2,1-3H3. The molecule has 0 bridgehead atoms. The van der Waals surface area contributed by atoms with Gasteiger partial charge < -0.3 is 9.30 Å². The first-order valence-electron chi connectivity index (χ1n) is 9.70. The lowest BCUT2D eigenvalue weighted by molar-refractivity contribution is -0.140. The SMILES string of the molecule is COC(=O)CCn1c(=O)c2c(nc3n(C4CCCCC4)c(C)cn23)n(C)c1=O. The highest BCUT2D eigenvalue weighted by Crippen LogP contribution is 2.31. The fourth-order valence-electron chi connectivity index (χ4n) is 4.32. The normalized spacial score (nSPS) is 15.5. The number of aromatic nitrogens is 5. The minimum atomic E-state index is -0.483. The molecule has 1 aliphatic rings. The Hall–Kier alpha value is -2.84. The first kappa shape index (κ1) is 18.5. The van der Waals surface area contributed by atoms with Crippen LogP contribution in [0.3, 0.4) is 0 Å². The number of methoxy groups -OCH3 is 1. The average molecular weight is 387 g/mol. The predicted octanol–water partition coefficient (Wildman–Crippen LogP) is 1.53. The molecule has 1 saturated carbocycles. The van der Waals surface area contributed by atoms with Crippen molar-refractivity contribution in [3.63, 3.8) is 0 Å². The van der Waals surface area contributed by atoms with Gasteiger partial charge in [-0.05, 0) is 19.8 Å². The highest BCUT2D eigenvalue weighted by molar-refractivity contribution is 5.76. The first-order chi connectivity index (χ1) is 13.4. The van der Waals surface area contributed by atoms with Crippen LogP contribution in [0.5, 0.6) is 0 Å². The molecule has 28 heavy (non-hydrogen) atoms. The van der Waals surface area contributed by atoms with Crippen molar-refractivity contribution in [3.8, 4) is 0 Å². The third-order valence-electron chi connectivity index (χ3n) is 5.78. The Morgan fingerprint density at radius 1 is 1.25 bits per heavy atom. The second-order valence-electron chi connectivity index (χ2n) is 7.51. The van der Waals surface area contributed by atoms with E-state index in [0.717, 1.165) is 23.1 Å². The average Bonchev–Trinajstić information content (AvgIpc) is 3.21. The van der Waals surface area contributed by atoms with E-state index in [1.54, 1.807) is 11.4 Å². The molecule has 4 rings (SSSR count). The molecule has 0 aromatic carbocycles. The molecule has 0 unspecified atom stereocenters. The number of ether oxygens (including phenoxy) is 1. The van der Waals surface area contributed by atoms with Crippen LogP contribution in [0.25, 0.3) is 16.9 Å². The molecule has 3 heterocycles. The van der Waals surface area contributed by atoms with E-state index in [-0.39, 0.29) is 13.0 Å². The van der Waals surface area contributed by atoms with Gasteiger partial charge in [0.1, 0.15) is 0 Å². The molecule has 0 spiro atoms. The molecule has 0 radical (unpaired) electrons. The molecule has 9 nitrogen and oxygen atoms in total. The number of nitrogens with zero attached hydrogens (tertiary/aromatic N) is 5. The van der Waals surface area contributed by atoms with Gasteiger partial charge in [-0.3, -0.25) is 23.1 Å². The number of imidazole rings is 2. The van der Waals surface area contributed by atoms with Crippen LogP contribution >= 0.6 is 0 Å². The molecule has 1 aliphatic carbocycles. The summed E-state index contributed by atoms with van der Waals surface area (Å²) in [5, 5.41) is 0. The summed E-state index contributed by atoms with van der Waals surface area (Å²) in [7, 11) is 2.88. The van der Waals surface area contributed by atoms with Gasteiger partial charge in [0, 0.05) is 31.5 Å². The maximum Gasteiger partial charge on any atom is 0.332 e. The van der Waals surface area contributed by atoms with E-state index < -0.39 is 17.2 Å². The van der Waals surface area contributed by atoms with Crippen LogP contribution in [0.15, 0.2) is 15.8 Å². The van der Waals surface area contributed by atoms with E-state index in [1.807, 2.05) is 13.1 Å². The van der Waals surface area contributed by atoms with Crippen LogP contribution in [0.2, 0.25) is 0 Å². The van der Waals surface area contributed by atoms with Gasteiger partial charge in [0.2, 0.25) is 5.78 Å². The van der Waals surface area contributed by atoms with Crippen LogP contribution in [0.1, 0.15) is 50.3 Å². The summed E-state index contributed by atoms with van der Waals surface area (Å²) in [6.45, 7) is 2.00. The number of carbonyl (C=O) groups excluding carboxylic acids is 1. The van der Waals surface area contributed by atoms with Gasteiger partial charge in [0.05, 0.1) is 13.5 Å². The second-order valence-corrected chi connectivity index (χ2v) is 7.51. The highest BCUT2D eigenvalue weighted by Gasteiger charge is 2.24. The number of hydrogen-bond donors (Lipinski definition) is 0. The Morgan fingerprint density at radius 3 is 2.64 bits per heavy atom. The zero-order valence-corrected chi connectivity index (χ0v) is 16.5. The van der Waals surface area contributed by atoms with Gasteiger partial charge in [0.25, 0.3) is 5.56 Å². The Labute approximate surface area is 161 Å². The number of fused-ring (bicyclic) bond motifs is 3. The quantitative estimate of drug-likeness (QED) is 0.633. The van der Waals surface area contributed by atoms with Crippen molar-refractivity contribution >= 4 is 22.9 Å². The van der Waals surface area contributed by atoms with Crippen molar-refractivity contribution in [2.45, 2.75) is 58.0 Å². The Morgan fingerprint density at radius 2 is 1.96 bits per heavy atom. The molecule has 150 valence electrons. The molecule has 3 aromatic rings. The monoisotopic (exact) mass is 387 g/mol. The maximum absolute atomic E-state index is 13.1. The molecule has 0 atom stereocenters. The van der Waals surface area contributed by atoms with Crippen molar-refractivity contribution in [1.82, 2.24) is 23.1 Å². The van der Waals surface area contributed by atoms with E-state index in [4.69, 9.17) is 0 Å². The van der Waals surface area contributed by atoms with Crippen molar-refractivity contribution in [3.05, 3.63) is 32.7 Å². The topological polar surface area (TPSA) is 92.5 Å². The van der Waals surface area contributed by atoms with Crippen LogP contribution in [0, 0.1) is 6.92 Å². The summed E-state index contributed by atoms with van der Waals surface area (Å²) >= 11 is 0. The predicted molar refractivity (Wildman–Crippen MR) is 104 cm³/mol. The van der Waals surface area contributed by atoms with Gasteiger partial charge in [0.15, 0.2) is 11.2 Å². The summed E-state index contributed by atoms with van der Waals surface area (Å²) < 4.78 is 11.1. The van der Waals surface area contributed by atoms with Crippen molar-refractivity contribution in [2.75, 3.05) is 7.11 Å². The van der Waals surface area contributed by atoms with Crippen molar-refractivity contribution in [2.24, 2.45) is 7.05 Å². The van der Waals surface area contributed by atoms with Gasteiger partial charge in [-0.25, -0.2) is 4.79 Å². The van der Waals surface area contributed by atoms with Gasteiger partial charge >= 0.3 is 11.7 Å². The molecule has 0 aliphatic heterocycles.